The van der Waals surface area contributed by atoms with Gasteiger partial charge in [0.15, 0.2) is 11.5 Å². The molecule has 9 heteroatoms. The van der Waals surface area contributed by atoms with E-state index >= 15 is 0 Å². The number of nitrogens with zero attached hydrogens (tertiary/aromatic N) is 4. The maximum Gasteiger partial charge on any atom is 0.470 e. The van der Waals surface area contributed by atoms with Gasteiger partial charge in [-0.3, -0.25) is 9.55 Å². The van der Waals surface area contributed by atoms with Crippen molar-refractivity contribution in [1.29, 1.82) is 0 Å². The summed E-state index contributed by atoms with van der Waals surface area (Å²) in [6.45, 7) is 6.76. The number of fused-ring (bicyclic) bond motifs is 1. The van der Waals surface area contributed by atoms with Gasteiger partial charge in [-0.1, -0.05) is 13.0 Å². The topological polar surface area (TPSA) is 106 Å². The van der Waals surface area contributed by atoms with Gasteiger partial charge in [0.1, 0.15) is 5.52 Å². The second-order valence-electron chi connectivity index (χ2n) is 5.98. The number of aromatic amines is 1. The smallest absolute Gasteiger partial charge is 0.368 e. The quantitative estimate of drug-likeness (QED) is 0.615. The Morgan fingerprint density at radius 3 is 2.73 bits per heavy atom. The molecule has 26 heavy (non-hydrogen) atoms. The molecule has 1 unspecified atom stereocenters. The minimum atomic E-state index is -0.365. The van der Waals surface area contributed by atoms with Gasteiger partial charge in [0.25, 0.3) is 5.25 Å². The Labute approximate surface area is 154 Å². The molecular weight excluding hydrogens is 352 g/mol. The van der Waals surface area contributed by atoms with Gasteiger partial charge >= 0.3 is 17.4 Å². The molecule has 136 valence electrons. The van der Waals surface area contributed by atoms with Crippen molar-refractivity contribution in [3.8, 4) is 0 Å². The summed E-state index contributed by atoms with van der Waals surface area (Å²) in [5.74, 6) is 0.976. The van der Waals surface area contributed by atoms with Gasteiger partial charge in [-0.2, -0.15) is 0 Å². The van der Waals surface area contributed by atoms with Gasteiger partial charge in [-0.05, 0) is 25.5 Å². The number of anilines is 1. The van der Waals surface area contributed by atoms with Crippen LogP contribution in [0.15, 0.2) is 23.1 Å². The first kappa shape index (κ1) is 18.1. The van der Waals surface area contributed by atoms with Crippen LogP contribution in [0.1, 0.15) is 42.6 Å². The third kappa shape index (κ3) is 3.48. The van der Waals surface area contributed by atoms with Crippen LogP contribution in [-0.2, 0) is 22.4 Å². The van der Waals surface area contributed by atoms with Crippen LogP contribution in [0.2, 0.25) is 0 Å². The second kappa shape index (κ2) is 7.69. The van der Waals surface area contributed by atoms with Gasteiger partial charge < -0.3 is 10.3 Å². The Hall–Kier alpha value is -2.68. The highest BCUT2D eigenvalue weighted by molar-refractivity contribution is 7.65. The largest absolute Gasteiger partial charge is 0.470 e. The maximum atomic E-state index is 12.5. The standard InChI is InChI=1S/C17H20N6O2S/c1-4-12(26-25)14-21-15(18-5-2)13-16(22-14)23(17(24)20-13)9-11-7-6-10(3)19-8-11/h6-8,12H,4-5,9H2,1-3H3,(H-,18,20,21,22,24)/p+1. The highest BCUT2D eigenvalue weighted by Crippen LogP contribution is 2.23. The van der Waals surface area contributed by atoms with Crippen molar-refractivity contribution in [2.75, 3.05) is 11.9 Å². The van der Waals surface area contributed by atoms with Gasteiger partial charge in [0.05, 0.1) is 6.54 Å². The summed E-state index contributed by atoms with van der Waals surface area (Å²) in [5, 5.41) is 2.78. The lowest BCUT2D eigenvalue weighted by Gasteiger charge is -2.08. The lowest BCUT2D eigenvalue weighted by Crippen LogP contribution is -2.18. The lowest BCUT2D eigenvalue weighted by atomic mass is 10.2. The third-order valence-corrected chi connectivity index (χ3v) is 4.85. The fourth-order valence-corrected chi connectivity index (χ4v) is 3.03. The molecule has 0 aliphatic carbocycles. The molecule has 0 aliphatic rings. The van der Waals surface area contributed by atoms with Gasteiger partial charge in [-0.15, -0.1) is 0 Å². The number of aromatic nitrogens is 5. The monoisotopic (exact) mass is 373 g/mol. The lowest BCUT2D eigenvalue weighted by molar-refractivity contribution is 0.595. The van der Waals surface area contributed by atoms with E-state index in [9.17, 15) is 9.00 Å². The summed E-state index contributed by atoms with van der Waals surface area (Å²) >= 11 is 0.466. The minimum Gasteiger partial charge on any atom is -0.368 e. The van der Waals surface area contributed by atoms with E-state index in [1.54, 1.807) is 10.8 Å². The number of pyridine rings is 1. The van der Waals surface area contributed by atoms with Crippen molar-refractivity contribution in [3.05, 3.63) is 45.9 Å². The van der Waals surface area contributed by atoms with Crippen molar-refractivity contribution in [3.63, 3.8) is 0 Å². The Kier molecular flexibility index (Phi) is 5.36. The van der Waals surface area contributed by atoms with Crippen LogP contribution in [0.3, 0.4) is 0 Å². The number of aryl methyl sites for hydroxylation is 1. The summed E-state index contributed by atoms with van der Waals surface area (Å²) in [6.07, 6.45) is 2.36. The average Bonchev–Trinajstić information content (AvgIpc) is 2.94. The molecule has 0 aliphatic heterocycles. The van der Waals surface area contributed by atoms with E-state index in [2.05, 4.69) is 25.3 Å². The SMILES string of the molecule is CCNc1nc(C(CC)[S+]=O)nc2c1[nH]c(=O)n2Cc1ccc(C)nc1. The molecule has 3 aromatic heterocycles. The van der Waals surface area contributed by atoms with E-state index in [-0.39, 0.29) is 10.9 Å². The molecule has 0 bridgehead atoms. The number of H-pyrrole nitrogens is 1. The Bertz CT molecular complexity index is 979. The molecule has 0 amide bonds. The fourth-order valence-electron chi connectivity index (χ4n) is 2.70. The van der Waals surface area contributed by atoms with Crippen LogP contribution in [0.5, 0.6) is 0 Å². The highest BCUT2D eigenvalue weighted by Gasteiger charge is 2.28. The average molecular weight is 373 g/mol. The first-order chi connectivity index (χ1) is 12.6. The maximum absolute atomic E-state index is 12.5. The summed E-state index contributed by atoms with van der Waals surface area (Å²) in [6, 6.07) is 3.84. The summed E-state index contributed by atoms with van der Waals surface area (Å²) in [5.41, 5.74) is 2.58. The van der Waals surface area contributed by atoms with Gasteiger partial charge in [0, 0.05) is 29.1 Å². The zero-order valence-corrected chi connectivity index (χ0v) is 15.8. The summed E-state index contributed by atoms with van der Waals surface area (Å²) < 4.78 is 13.0. The first-order valence-corrected chi connectivity index (χ1v) is 9.32. The van der Waals surface area contributed by atoms with Crippen molar-refractivity contribution in [2.24, 2.45) is 0 Å². The van der Waals surface area contributed by atoms with E-state index in [1.807, 2.05) is 32.9 Å². The predicted molar refractivity (Wildman–Crippen MR) is 101 cm³/mol. The van der Waals surface area contributed by atoms with Crippen LogP contribution >= 0.6 is 0 Å². The number of hydrogen-bond acceptors (Lipinski definition) is 6. The highest BCUT2D eigenvalue weighted by atomic mass is 32.1. The number of imidazole rings is 1. The van der Waals surface area contributed by atoms with E-state index in [4.69, 9.17) is 0 Å². The molecule has 3 heterocycles. The minimum absolute atomic E-state index is 0.269. The Balaban J connectivity index is 2.16. The van der Waals surface area contributed by atoms with Crippen molar-refractivity contribution in [1.82, 2.24) is 24.5 Å². The van der Waals surface area contributed by atoms with Crippen LogP contribution in [0, 0.1) is 6.92 Å². The van der Waals surface area contributed by atoms with Gasteiger partial charge in [-0.25, -0.2) is 14.8 Å². The molecule has 0 saturated heterocycles. The van der Waals surface area contributed by atoms with Crippen molar-refractivity contribution >= 4 is 28.6 Å². The van der Waals surface area contributed by atoms with E-state index in [0.717, 1.165) is 11.3 Å². The van der Waals surface area contributed by atoms with Crippen LogP contribution in [0.25, 0.3) is 11.2 Å². The molecule has 3 rings (SSSR count). The zero-order valence-electron chi connectivity index (χ0n) is 14.9. The molecular formula is C17H21N6O2S+. The first-order valence-electron chi connectivity index (χ1n) is 8.51. The van der Waals surface area contributed by atoms with E-state index in [0.29, 0.717) is 54.0 Å². The molecule has 0 saturated carbocycles. The zero-order chi connectivity index (χ0) is 18.7. The number of hydrogen-bond donors (Lipinski definition) is 2. The van der Waals surface area contributed by atoms with Crippen LogP contribution in [-0.4, -0.2) is 31.0 Å². The summed E-state index contributed by atoms with van der Waals surface area (Å²) in [7, 11) is 0. The molecule has 0 spiro atoms. The molecule has 0 radical (unpaired) electrons. The second-order valence-corrected chi connectivity index (χ2v) is 6.74. The molecule has 2 N–H and O–H groups in total. The van der Waals surface area contributed by atoms with Crippen LogP contribution < -0.4 is 11.0 Å². The van der Waals surface area contributed by atoms with E-state index < -0.39 is 0 Å². The molecule has 0 fully saturated rings. The van der Waals surface area contributed by atoms with Gasteiger partial charge in [0.2, 0.25) is 5.82 Å². The van der Waals surface area contributed by atoms with E-state index in [1.165, 1.54) is 0 Å². The molecule has 3 aromatic rings. The normalized spacial score (nSPS) is 12.3. The number of rotatable bonds is 7. The molecule has 1 atom stereocenters. The predicted octanol–water partition coefficient (Wildman–Crippen LogP) is 2.18. The summed E-state index contributed by atoms with van der Waals surface area (Å²) in [4.78, 5) is 28.6. The number of nitrogens with one attached hydrogen (secondary N) is 2. The Morgan fingerprint density at radius 1 is 1.31 bits per heavy atom. The fraction of sp³-hybridized carbons (Fsp3) is 0.412. The van der Waals surface area contributed by atoms with Crippen molar-refractivity contribution in [2.45, 2.75) is 39.0 Å². The molecule has 0 aromatic carbocycles. The molecule has 8 nitrogen and oxygen atoms in total. The third-order valence-electron chi connectivity index (χ3n) is 4.07. The van der Waals surface area contributed by atoms with Crippen LogP contribution in [0.4, 0.5) is 5.82 Å². The Morgan fingerprint density at radius 2 is 2.12 bits per heavy atom. The van der Waals surface area contributed by atoms with Crippen molar-refractivity contribution < 1.29 is 4.21 Å².